The summed E-state index contributed by atoms with van der Waals surface area (Å²) in [7, 11) is 0. The number of thiophene rings is 1. The van der Waals surface area contributed by atoms with Crippen LogP contribution < -0.4 is 5.32 Å². The van der Waals surface area contributed by atoms with E-state index in [9.17, 15) is 4.79 Å². The molecule has 0 bridgehead atoms. The van der Waals surface area contributed by atoms with E-state index in [1.807, 2.05) is 53.4 Å². The van der Waals surface area contributed by atoms with Crippen molar-refractivity contribution in [1.82, 2.24) is 20.1 Å². The molecule has 3 rings (SSSR count). The zero-order valence-corrected chi connectivity index (χ0v) is 13.0. The number of hydrogen-bond acceptors (Lipinski definition) is 4. The van der Waals surface area contributed by atoms with Gasteiger partial charge in [0.2, 0.25) is 0 Å². The van der Waals surface area contributed by atoms with Crippen molar-refractivity contribution in [3.8, 4) is 10.6 Å². The number of carbonyl (C=O) groups is 1. The minimum absolute atomic E-state index is 0.185. The van der Waals surface area contributed by atoms with Gasteiger partial charge < -0.3 is 5.32 Å². The number of hydrogen-bond donors (Lipinski definition) is 1. The van der Waals surface area contributed by atoms with Crippen LogP contribution in [0.15, 0.2) is 48.0 Å². The first kappa shape index (κ1) is 14.5. The molecule has 0 spiro atoms. The van der Waals surface area contributed by atoms with E-state index in [4.69, 9.17) is 0 Å². The molecule has 0 aliphatic heterocycles. The van der Waals surface area contributed by atoms with E-state index in [0.717, 1.165) is 22.8 Å². The number of rotatable bonds is 5. The van der Waals surface area contributed by atoms with E-state index in [-0.39, 0.29) is 5.91 Å². The molecule has 1 amide bonds. The number of carbonyl (C=O) groups excluding carboxylic acids is 1. The first-order chi connectivity index (χ1) is 10.8. The van der Waals surface area contributed by atoms with Crippen molar-refractivity contribution in [2.75, 3.05) is 0 Å². The predicted octanol–water partition coefficient (Wildman–Crippen LogP) is 2.96. The summed E-state index contributed by atoms with van der Waals surface area (Å²) in [5, 5.41) is 9.26. The quantitative estimate of drug-likeness (QED) is 0.788. The Morgan fingerprint density at radius 2 is 2.23 bits per heavy atom. The molecule has 0 aliphatic carbocycles. The van der Waals surface area contributed by atoms with Crippen LogP contribution in [0.3, 0.4) is 0 Å². The van der Waals surface area contributed by atoms with Crippen molar-refractivity contribution in [2.24, 2.45) is 0 Å². The topological polar surface area (TPSA) is 59.8 Å². The van der Waals surface area contributed by atoms with E-state index >= 15 is 0 Å². The fourth-order valence-electron chi connectivity index (χ4n) is 2.16. The molecule has 0 unspecified atom stereocenters. The molecular weight excluding hydrogens is 296 g/mol. The van der Waals surface area contributed by atoms with Crippen LogP contribution >= 0.6 is 11.3 Å². The fraction of sp³-hybridized carbons (Fsp3) is 0.188. The minimum atomic E-state index is -0.185. The Bertz CT molecular complexity index is 750. The lowest BCUT2D eigenvalue weighted by molar-refractivity contribution is 0.0944. The van der Waals surface area contributed by atoms with Crippen LogP contribution in [0.4, 0.5) is 0 Å². The van der Waals surface area contributed by atoms with Gasteiger partial charge in [-0.15, -0.1) is 11.3 Å². The highest BCUT2D eigenvalue weighted by atomic mass is 32.1. The van der Waals surface area contributed by atoms with Gasteiger partial charge in [0.1, 0.15) is 0 Å². The Morgan fingerprint density at radius 3 is 2.91 bits per heavy atom. The monoisotopic (exact) mass is 312 g/mol. The molecule has 3 aromatic rings. The molecule has 112 valence electrons. The van der Waals surface area contributed by atoms with E-state index in [1.165, 1.54) is 0 Å². The van der Waals surface area contributed by atoms with Gasteiger partial charge in [-0.05, 0) is 36.6 Å². The van der Waals surface area contributed by atoms with E-state index in [0.29, 0.717) is 12.2 Å². The van der Waals surface area contributed by atoms with Gasteiger partial charge in [-0.25, -0.2) is 0 Å². The molecule has 1 N–H and O–H groups in total. The zero-order chi connectivity index (χ0) is 15.4. The maximum absolute atomic E-state index is 12.3. The molecule has 0 saturated carbocycles. The van der Waals surface area contributed by atoms with Crippen LogP contribution in [0.1, 0.15) is 23.1 Å². The van der Waals surface area contributed by atoms with Crippen LogP contribution in [0, 0.1) is 0 Å². The lowest BCUT2D eigenvalue weighted by atomic mass is 10.3. The van der Waals surface area contributed by atoms with Crippen LogP contribution in [-0.2, 0) is 13.1 Å². The predicted molar refractivity (Wildman–Crippen MR) is 86.6 cm³/mol. The van der Waals surface area contributed by atoms with Crippen molar-refractivity contribution >= 4 is 17.2 Å². The smallest absolute Gasteiger partial charge is 0.272 e. The summed E-state index contributed by atoms with van der Waals surface area (Å²) in [6, 6.07) is 11.5. The molecule has 0 saturated heterocycles. The third kappa shape index (κ3) is 3.07. The van der Waals surface area contributed by atoms with Crippen LogP contribution in [-0.4, -0.2) is 20.7 Å². The van der Waals surface area contributed by atoms with Gasteiger partial charge in [0, 0.05) is 12.7 Å². The Morgan fingerprint density at radius 1 is 1.32 bits per heavy atom. The average Bonchev–Trinajstić information content (AvgIpc) is 3.22. The van der Waals surface area contributed by atoms with Gasteiger partial charge >= 0.3 is 0 Å². The Kier molecular flexibility index (Phi) is 4.29. The highest BCUT2D eigenvalue weighted by Gasteiger charge is 2.15. The largest absolute Gasteiger partial charge is 0.345 e. The maximum atomic E-state index is 12.3. The van der Waals surface area contributed by atoms with E-state index in [1.54, 1.807) is 17.5 Å². The van der Waals surface area contributed by atoms with Crippen molar-refractivity contribution in [3.63, 3.8) is 0 Å². The fourth-order valence-corrected chi connectivity index (χ4v) is 2.90. The van der Waals surface area contributed by atoms with Crippen LogP contribution in [0.2, 0.25) is 0 Å². The SMILES string of the molecule is CCn1nc(C(=O)NCc2ccccn2)cc1-c1cccs1. The van der Waals surface area contributed by atoms with Crippen molar-refractivity contribution in [2.45, 2.75) is 20.0 Å². The summed E-state index contributed by atoms with van der Waals surface area (Å²) in [5.74, 6) is -0.185. The second-order valence-electron chi connectivity index (χ2n) is 4.71. The van der Waals surface area contributed by atoms with Gasteiger partial charge in [0.15, 0.2) is 5.69 Å². The summed E-state index contributed by atoms with van der Waals surface area (Å²) in [6.45, 7) is 3.13. The summed E-state index contributed by atoms with van der Waals surface area (Å²) in [4.78, 5) is 17.6. The number of aryl methyl sites for hydroxylation is 1. The molecule has 0 aromatic carbocycles. The summed E-state index contributed by atoms with van der Waals surface area (Å²) in [6.07, 6.45) is 1.71. The standard InChI is InChI=1S/C16H16N4OS/c1-2-20-14(15-7-5-9-22-15)10-13(19-20)16(21)18-11-12-6-3-4-8-17-12/h3-10H,2,11H2,1H3,(H,18,21). The van der Waals surface area contributed by atoms with E-state index < -0.39 is 0 Å². The third-order valence-corrected chi connectivity index (χ3v) is 4.13. The Hall–Kier alpha value is -2.47. The normalized spacial score (nSPS) is 10.6. The van der Waals surface area contributed by atoms with Gasteiger partial charge in [-0.1, -0.05) is 12.1 Å². The molecule has 6 heteroatoms. The third-order valence-electron chi connectivity index (χ3n) is 3.24. The molecule has 5 nitrogen and oxygen atoms in total. The van der Waals surface area contributed by atoms with Crippen molar-refractivity contribution < 1.29 is 4.79 Å². The summed E-state index contributed by atoms with van der Waals surface area (Å²) in [5.41, 5.74) is 2.23. The first-order valence-electron chi connectivity index (χ1n) is 7.07. The molecule has 3 heterocycles. The van der Waals surface area contributed by atoms with Gasteiger partial charge in [0.05, 0.1) is 22.8 Å². The number of nitrogens with zero attached hydrogens (tertiary/aromatic N) is 3. The number of amides is 1. The highest BCUT2D eigenvalue weighted by Crippen LogP contribution is 2.25. The summed E-state index contributed by atoms with van der Waals surface area (Å²) >= 11 is 1.64. The van der Waals surface area contributed by atoms with Gasteiger partial charge in [-0.2, -0.15) is 5.10 Å². The number of pyridine rings is 1. The summed E-state index contributed by atoms with van der Waals surface area (Å²) < 4.78 is 1.85. The van der Waals surface area contributed by atoms with E-state index in [2.05, 4.69) is 15.4 Å². The van der Waals surface area contributed by atoms with Crippen LogP contribution in [0.5, 0.6) is 0 Å². The molecule has 0 atom stereocenters. The highest BCUT2D eigenvalue weighted by molar-refractivity contribution is 7.13. The van der Waals surface area contributed by atoms with Gasteiger partial charge in [0.25, 0.3) is 5.91 Å². The number of aromatic nitrogens is 3. The zero-order valence-electron chi connectivity index (χ0n) is 12.2. The van der Waals surface area contributed by atoms with Gasteiger partial charge in [-0.3, -0.25) is 14.5 Å². The second kappa shape index (κ2) is 6.53. The Balaban J connectivity index is 1.76. The van der Waals surface area contributed by atoms with Crippen LogP contribution in [0.25, 0.3) is 10.6 Å². The average molecular weight is 312 g/mol. The minimum Gasteiger partial charge on any atom is -0.345 e. The molecule has 22 heavy (non-hydrogen) atoms. The second-order valence-corrected chi connectivity index (χ2v) is 5.66. The van der Waals surface area contributed by atoms with Crippen molar-refractivity contribution in [3.05, 3.63) is 59.4 Å². The first-order valence-corrected chi connectivity index (χ1v) is 7.95. The Labute approximate surface area is 132 Å². The molecule has 3 aromatic heterocycles. The lowest BCUT2D eigenvalue weighted by Gasteiger charge is -2.02. The number of nitrogens with one attached hydrogen (secondary N) is 1. The van der Waals surface area contributed by atoms with Crippen molar-refractivity contribution in [1.29, 1.82) is 0 Å². The lowest BCUT2D eigenvalue weighted by Crippen LogP contribution is -2.23. The molecule has 0 fully saturated rings. The molecular formula is C16H16N4OS. The molecule has 0 aliphatic rings. The molecule has 0 radical (unpaired) electrons. The maximum Gasteiger partial charge on any atom is 0.272 e.